The Hall–Kier alpha value is -2.25. The first kappa shape index (κ1) is 14.3. The first-order chi connectivity index (χ1) is 11.3. The summed E-state index contributed by atoms with van der Waals surface area (Å²) in [5.74, 6) is 1.79. The van der Waals surface area contributed by atoms with E-state index in [0.717, 1.165) is 27.3 Å². The van der Waals surface area contributed by atoms with E-state index in [2.05, 4.69) is 20.1 Å². The van der Waals surface area contributed by atoms with E-state index in [-0.39, 0.29) is 0 Å². The second-order valence-electron chi connectivity index (χ2n) is 4.92. The molecule has 0 atom stereocenters. The second-order valence-corrected chi connectivity index (χ2v) is 6.66. The summed E-state index contributed by atoms with van der Waals surface area (Å²) in [5, 5.41) is 8.90. The van der Waals surface area contributed by atoms with Gasteiger partial charge >= 0.3 is 0 Å². The van der Waals surface area contributed by atoms with Crippen LogP contribution in [0.5, 0.6) is 0 Å². The summed E-state index contributed by atoms with van der Waals surface area (Å²) >= 11 is 3.17. The molecule has 0 spiro atoms. The van der Waals surface area contributed by atoms with Crippen LogP contribution >= 0.6 is 23.1 Å². The van der Waals surface area contributed by atoms with Gasteiger partial charge in [0.25, 0.3) is 0 Å². The van der Waals surface area contributed by atoms with E-state index in [0.29, 0.717) is 17.5 Å². The highest BCUT2D eigenvalue weighted by Gasteiger charge is 2.11. The molecule has 0 aliphatic carbocycles. The van der Waals surface area contributed by atoms with Crippen molar-refractivity contribution < 1.29 is 4.52 Å². The third kappa shape index (κ3) is 2.97. The van der Waals surface area contributed by atoms with Crippen molar-refractivity contribution in [3.05, 3.63) is 52.7 Å². The minimum atomic E-state index is 0.574. The molecule has 5 nitrogen and oxygen atoms in total. The lowest BCUT2D eigenvalue weighted by Gasteiger charge is -2.04. The number of aryl methyl sites for hydroxylation is 1. The summed E-state index contributed by atoms with van der Waals surface area (Å²) in [4.78, 5) is 13.7. The van der Waals surface area contributed by atoms with Crippen molar-refractivity contribution in [2.45, 2.75) is 17.7 Å². The normalized spacial score (nSPS) is 11.2. The van der Waals surface area contributed by atoms with Gasteiger partial charge in [0.15, 0.2) is 0 Å². The molecule has 0 saturated heterocycles. The van der Waals surface area contributed by atoms with Gasteiger partial charge < -0.3 is 4.52 Å². The predicted molar refractivity (Wildman–Crippen MR) is 91.4 cm³/mol. The fourth-order valence-electron chi connectivity index (χ4n) is 2.16. The molecule has 0 aliphatic rings. The Morgan fingerprint density at radius 2 is 1.91 bits per heavy atom. The molecule has 0 aliphatic heterocycles. The maximum absolute atomic E-state index is 5.31. The fraction of sp³-hybridized carbons (Fsp3) is 0.125. The van der Waals surface area contributed by atoms with Gasteiger partial charge in [-0.3, -0.25) is 0 Å². The zero-order chi connectivity index (χ0) is 15.6. The highest BCUT2D eigenvalue weighted by molar-refractivity contribution is 7.98. The summed E-state index contributed by atoms with van der Waals surface area (Å²) in [7, 11) is 0. The van der Waals surface area contributed by atoms with Gasteiger partial charge in [-0.15, -0.1) is 0 Å². The van der Waals surface area contributed by atoms with Crippen molar-refractivity contribution in [3.63, 3.8) is 0 Å². The topological polar surface area (TPSA) is 64.7 Å². The maximum Gasteiger partial charge on any atom is 0.237 e. The molecule has 3 aromatic heterocycles. The third-order valence-corrected chi connectivity index (χ3v) is 5.02. The maximum atomic E-state index is 5.31. The Bertz CT molecular complexity index is 950. The number of hydrogen-bond donors (Lipinski definition) is 0. The lowest BCUT2D eigenvalue weighted by atomic mass is 10.3. The van der Waals surface area contributed by atoms with Crippen molar-refractivity contribution in [3.8, 4) is 11.4 Å². The van der Waals surface area contributed by atoms with Gasteiger partial charge in [0.1, 0.15) is 5.03 Å². The second kappa shape index (κ2) is 6.10. The molecule has 7 heteroatoms. The molecule has 0 fully saturated rings. The Morgan fingerprint density at radius 1 is 1.09 bits per heavy atom. The first-order valence-electron chi connectivity index (χ1n) is 7.01. The van der Waals surface area contributed by atoms with E-state index in [1.807, 2.05) is 48.0 Å². The zero-order valence-corrected chi connectivity index (χ0v) is 13.9. The summed E-state index contributed by atoms with van der Waals surface area (Å²) in [5.41, 5.74) is 3.69. The van der Waals surface area contributed by atoms with Gasteiger partial charge in [0, 0.05) is 10.9 Å². The predicted octanol–water partition coefficient (Wildman–Crippen LogP) is 4.34. The zero-order valence-electron chi connectivity index (χ0n) is 12.3. The molecule has 23 heavy (non-hydrogen) atoms. The van der Waals surface area contributed by atoms with Gasteiger partial charge in [-0.05, 0) is 30.5 Å². The van der Waals surface area contributed by atoms with Crippen LogP contribution < -0.4 is 0 Å². The van der Waals surface area contributed by atoms with Crippen LogP contribution in [-0.4, -0.2) is 20.1 Å². The number of rotatable bonds is 4. The number of nitrogens with zero attached hydrogens (tertiary/aromatic N) is 4. The number of fused-ring (bicyclic) bond motifs is 1. The van der Waals surface area contributed by atoms with Gasteiger partial charge in [-0.2, -0.15) is 16.3 Å². The number of thioether (sulfide) groups is 1. The van der Waals surface area contributed by atoms with Gasteiger partial charge in [-0.1, -0.05) is 29.1 Å². The molecule has 0 saturated carbocycles. The average molecular weight is 340 g/mol. The van der Waals surface area contributed by atoms with Crippen LogP contribution in [0.2, 0.25) is 0 Å². The molecule has 3 heterocycles. The fourth-order valence-corrected chi connectivity index (χ4v) is 3.59. The highest BCUT2D eigenvalue weighted by Crippen LogP contribution is 2.26. The van der Waals surface area contributed by atoms with Crippen LogP contribution in [0.1, 0.15) is 11.6 Å². The standard InChI is InChI=1S/C16H12N4OS2/c1-10-16(18-13-5-3-2-4-12(13)17-10)23-9-14-19-15(20-21-14)11-6-7-22-8-11/h2-8H,9H2,1H3. The molecule has 0 bridgehead atoms. The molecule has 4 aromatic rings. The van der Waals surface area contributed by atoms with Crippen molar-refractivity contribution in [2.24, 2.45) is 0 Å². The van der Waals surface area contributed by atoms with Crippen LogP contribution in [0.25, 0.3) is 22.4 Å². The van der Waals surface area contributed by atoms with Crippen LogP contribution in [0, 0.1) is 6.92 Å². The number of thiophene rings is 1. The quantitative estimate of drug-likeness (QED) is 0.515. The average Bonchev–Trinajstić information content (AvgIpc) is 3.24. The van der Waals surface area contributed by atoms with E-state index in [1.165, 1.54) is 0 Å². The molecule has 0 amide bonds. The van der Waals surface area contributed by atoms with E-state index in [4.69, 9.17) is 4.52 Å². The lowest BCUT2D eigenvalue weighted by Crippen LogP contribution is -1.93. The Morgan fingerprint density at radius 3 is 2.70 bits per heavy atom. The van der Waals surface area contributed by atoms with Crippen molar-refractivity contribution in [2.75, 3.05) is 0 Å². The molecule has 0 unspecified atom stereocenters. The van der Waals surface area contributed by atoms with Gasteiger partial charge in [-0.25, -0.2) is 9.97 Å². The van der Waals surface area contributed by atoms with E-state index in [9.17, 15) is 0 Å². The summed E-state index contributed by atoms with van der Waals surface area (Å²) < 4.78 is 5.31. The number of para-hydroxylation sites is 2. The van der Waals surface area contributed by atoms with E-state index in [1.54, 1.807) is 23.1 Å². The van der Waals surface area contributed by atoms with Crippen LogP contribution in [0.3, 0.4) is 0 Å². The van der Waals surface area contributed by atoms with Crippen LogP contribution in [0.4, 0.5) is 0 Å². The summed E-state index contributed by atoms with van der Waals surface area (Å²) in [6, 6.07) is 9.84. The van der Waals surface area contributed by atoms with E-state index >= 15 is 0 Å². The molecule has 114 valence electrons. The monoisotopic (exact) mass is 340 g/mol. The Kier molecular flexibility index (Phi) is 3.80. The molecular weight excluding hydrogens is 328 g/mol. The molecule has 1 aromatic carbocycles. The molecule has 0 N–H and O–H groups in total. The highest BCUT2D eigenvalue weighted by atomic mass is 32.2. The van der Waals surface area contributed by atoms with Crippen LogP contribution in [0.15, 0.2) is 50.6 Å². The SMILES string of the molecule is Cc1nc2ccccc2nc1SCc1nc(-c2ccsc2)no1. The lowest BCUT2D eigenvalue weighted by molar-refractivity contribution is 0.391. The third-order valence-electron chi connectivity index (χ3n) is 3.28. The van der Waals surface area contributed by atoms with E-state index < -0.39 is 0 Å². The summed E-state index contributed by atoms with van der Waals surface area (Å²) in [6.45, 7) is 1.96. The van der Waals surface area contributed by atoms with Crippen molar-refractivity contribution in [1.82, 2.24) is 20.1 Å². The first-order valence-corrected chi connectivity index (χ1v) is 8.94. The molecule has 4 rings (SSSR count). The number of aromatic nitrogens is 4. The largest absolute Gasteiger partial charge is 0.338 e. The number of benzene rings is 1. The van der Waals surface area contributed by atoms with Crippen molar-refractivity contribution in [1.29, 1.82) is 0 Å². The number of hydrogen-bond acceptors (Lipinski definition) is 7. The van der Waals surface area contributed by atoms with Crippen molar-refractivity contribution >= 4 is 34.1 Å². The van der Waals surface area contributed by atoms with Gasteiger partial charge in [0.05, 0.1) is 22.5 Å². The Labute approximate surface area is 140 Å². The minimum Gasteiger partial charge on any atom is -0.338 e. The van der Waals surface area contributed by atoms with Crippen LogP contribution in [-0.2, 0) is 5.75 Å². The summed E-state index contributed by atoms with van der Waals surface area (Å²) in [6.07, 6.45) is 0. The smallest absolute Gasteiger partial charge is 0.237 e. The van der Waals surface area contributed by atoms with Gasteiger partial charge in [0.2, 0.25) is 11.7 Å². The minimum absolute atomic E-state index is 0.574. The molecular formula is C16H12N4OS2. The Balaban J connectivity index is 1.54. The molecule has 0 radical (unpaired) electrons.